The average Bonchev–Trinajstić information content (AvgIpc) is 3.09. The maximum Gasteiger partial charge on any atom is 0.234 e. The smallest absolute Gasteiger partial charge is 0.234 e. The molecule has 0 unspecified atom stereocenters. The highest BCUT2D eigenvalue weighted by Gasteiger charge is 2.12. The largest absolute Gasteiger partial charge is 0.325 e. The SMILES string of the molecule is Cc1ccc(-n2nnnc2SCC(=O)Nc2cccc(C(C)C)c2)cc1. The zero-order chi connectivity index (χ0) is 18.5. The zero-order valence-corrected chi connectivity index (χ0v) is 15.8. The lowest BCUT2D eigenvalue weighted by atomic mass is 10.0. The van der Waals surface area contributed by atoms with Gasteiger partial charge in [0.05, 0.1) is 11.4 Å². The maximum absolute atomic E-state index is 12.3. The summed E-state index contributed by atoms with van der Waals surface area (Å²) in [6.45, 7) is 6.28. The highest BCUT2D eigenvalue weighted by atomic mass is 32.2. The summed E-state index contributed by atoms with van der Waals surface area (Å²) in [7, 11) is 0. The summed E-state index contributed by atoms with van der Waals surface area (Å²) in [6, 6.07) is 15.8. The van der Waals surface area contributed by atoms with Crippen LogP contribution in [0.15, 0.2) is 53.7 Å². The van der Waals surface area contributed by atoms with Crippen molar-refractivity contribution in [2.45, 2.75) is 31.8 Å². The molecule has 3 rings (SSSR count). The predicted molar refractivity (Wildman–Crippen MR) is 104 cm³/mol. The molecule has 0 aliphatic heterocycles. The molecule has 0 saturated heterocycles. The third kappa shape index (κ3) is 4.49. The van der Waals surface area contributed by atoms with Crippen LogP contribution in [0, 0.1) is 6.92 Å². The first-order valence-electron chi connectivity index (χ1n) is 8.41. The number of carbonyl (C=O) groups excluding carboxylic acids is 1. The van der Waals surface area contributed by atoms with Crippen molar-refractivity contribution < 1.29 is 4.79 Å². The first-order valence-corrected chi connectivity index (χ1v) is 9.39. The van der Waals surface area contributed by atoms with Crippen molar-refractivity contribution in [1.82, 2.24) is 20.2 Å². The normalized spacial score (nSPS) is 10.9. The van der Waals surface area contributed by atoms with Crippen LogP contribution in [0.25, 0.3) is 5.69 Å². The molecule has 1 aromatic heterocycles. The minimum absolute atomic E-state index is 0.0886. The highest BCUT2D eigenvalue weighted by molar-refractivity contribution is 7.99. The fourth-order valence-electron chi connectivity index (χ4n) is 2.42. The van der Waals surface area contributed by atoms with E-state index in [0.29, 0.717) is 11.1 Å². The molecule has 1 heterocycles. The number of thioether (sulfide) groups is 1. The Labute approximate surface area is 157 Å². The van der Waals surface area contributed by atoms with Crippen molar-refractivity contribution >= 4 is 23.4 Å². The van der Waals surface area contributed by atoms with Crippen molar-refractivity contribution in [1.29, 1.82) is 0 Å². The number of nitrogens with zero attached hydrogens (tertiary/aromatic N) is 4. The van der Waals surface area contributed by atoms with Crippen LogP contribution >= 0.6 is 11.8 Å². The fraction of sp³-hybridized carbons (Fsp3) is 0.263. The van der Waals surface area contributed by atoms with Crippen molar-refractivity contribution in [3.8, 4) is 5.69 Å². The molecule has 0 aliphatic carbocycles. The molecule has 1 amide bonds. The van der Waals surface area contributed by atoms with Gasteiger partial charge in [-0.25, -0.2) is 0 Å². The van der Waals surface area contributed by atoms with Gasteiger partial charge in [0.25, 0.3) is 0 Å². The number of hydrogen-bond donors (Lipinski definition) is 1. The maximum atomic E-state index is 12.3. The summed E-state index contributed by atoms with van der Waals surface area (Å²) in [5.41, 5.74) is 4.03. The van der Waals surface area contributed by atoms with Crippen molar-refractivity contribution in [2.75, 3.05) is 11.1 Å². The summed E-state index contributed by atoms with van der Waals surface area (Å²) >= 11 is 1.31. The Balaban J connectivity index is 1.63. The van der Waals surface area contributed by atoms with E-state index in [2.05, 4.69) is 40.8 Å². The molecule has 3 aromatic rings. The number of tetrazole rings is 1. The van der Waals surface area contributed by atoms with Crippen LogP contribution in [0.2, 0.25) is 0 Å². The van der Waals surface area contributed by atoms with Gasteiger partial charge in [-0.3, -0.25) is 4.79 Å². The highest BCUT2D eigenvalue weighted by Crippen LogP contribution is 2.21. The summed E-state index contributed by atoms with van der Waals surface area (Å²) in [4.78, 5) is 12.3. The van der Waals surface area contributed by atoms with Gasteiger partial charge in [0.1, 0.15) is 0 Å². The van der Waals surface area contributed by atoms with Gasteiger partial charge in [0.2, 0.25) is 11.1 Å². The summed E-state index contributed by atoms with van der Waals surface area (Å²) in [5.74, 6) is 0.563. The van der Waals surface area contributed by atoms with Crippen molar-refractivity contribution in [2.24, 2.45) is 0 Å². The summed E-state index contributed by atoms with van der Waals surface area (Å²) in [5, 5.41) is 15.3. The summed E-state index contributed by atoms with van der Waals surface area (Å²) in [6.07, 6.45) is 0. The lowest BCUT2D eigenvalue weighted by Crippen LogP contribution is -2.14. The van der Waals surface area contributed by atoms with Crippen LogP contribution in [0.1, 0.15) is 30.9 Å². The Bertz CT molecular complexity index is 889. The predicted octanol–water partition coefficient (Wildman–Crippen LogP) is 3.82. The minimum atomic E-state index is -0.0886. The first-order chi connectivity index (χ1) is 12.5. The van der Waals surface area contributed by atoms with E-state index < -0.39 is 0 Å². The minimum Gasteiger partial charge on any atom is -0.325 e. The van der Waals surface area contributed by atoms with Crippen molar-refractivity contribution in [3.05, 3.63) is 59.7 Å². The second kappa shape index (κ2) is 8.14. The van der Waals surface area contributed by atoms with Gasteiger partial charge in [-0.05, 0) is 53.1 Å². The molecule has 0 fully saturated rings. The molecule has 26 heavy (non-hydrogen) atoms. The van der Waals surface area contributed by atoms with E-state index in [1.807, 2.05) is 49.4 Å². The summed E-state index contributed by atoms with van der Waals surface area (Å²) < 4.78 is 1.64. The van der Waals surface area contributed by atoms with Crippen molar-refractivity contribution in [3.63, 3.8) is 0 Å². The molecule has 0 bridgehead atoms. The number of benzene rings is 2. The number of aryl methyl sites for hydroxylation is 1. The van der Waals surface area contributed by atoms with Gasteiger partial charge in [-0.15, -0.1) is 5.10 Å². The molecule has 0 spiro atoms. The lowest BCUT2D eigenvalue weighted by molar-refractivity contribution is -0.113. The van der Waals surface area contributed by atoms with E-state index in [9.17, 15) is 4.79 Å². The van der Waals surface area contributed by atoms with Gasteiger partial charge in [-0.1, -0.05) is 55.4 Å². The average molecular weight is 367 g/mol. The number of aromatic nitrogens is 4. The quantitative estimate of drug-likeness (QED) is 0.671. The van der Waals surface area contributed by atoms with Gasteiger partial charge >= 0.3 is 0 Å². The Morgan fingerprint density at radius 2 is 1.96 bits per heavy atom. The van der Waals surface area contributed by atoms with Crippen LogP contribution in [-0.2, 0) is 4.79 Å². The van der Waals surface area contributed by atoms with E-state index >= 15 is 0 Å². The van der Waals surface area contributed by atoms with Gasteiger partial charge in [0.15, 0.2) is 0 Å². The van der Waals surface area contributed by atoms with E-state index in [4.69, 9.17) is 0 Å². The Hall–Kier alpha value is -2.67. The number of anilines is 1. The van der Waals surface area contributed by atoms with Crippen LogP contribution in [-0.4, -0.2) is 31.9 Å². The molecule has 0 atom stereocenters. The Kier molecular flexibility index (Phi) is 5.68. The van der Waals surface area contributed by atoms with E-state index in [0.717, 1.165) is 11.4 Å². The number of rotatable bonds is 6. The third-order valence-electron chi connectivity index (χ3n) is 3.89. The van der Waals surface area contributed by atoms with E-state index in [-0.39, 0.29) is 11.7 Å². The van der Waals surface area contributed by atoms with Gasteiger partial charge in [0, 0.05) is 5.69 Å². The van der Waals surface area contributed by atoms with E-state index in [1.54, 1.807) is 4.68 Å². The number of hydrogen-bond acceptors (Lipinski definition) is 5. The molecule has 134 valence electrons. The molecular weight excluding hydrogens is 346 g/mol. The van der Waals surface area contributed by atoms with Gasteiger partial charge in [-0.2, -0.15) is 4.68 Å². The lowest BCUT2D eigenvalue weighted by Gasteiger charge is -2.09. The molecule has 7 heteroatoms. The number of carbonyl (C=O) groups is 1. The zero-order valence-electron chi connectivity index (χ0n) is 15.0. The van der Waals surface area contributed by atoms with Crippen LogP contribution in [0.5, 0.6) is 0 Å². The Morgan fingerprint density at radius 1 is 1.19 bits per heavy atom. The molecule has 1 N–H and O–H groups in total. The van der Waals surface area contributed by atoms with Crippen LogP contribution in [0.4, 0.5) is 5.69 Å². The fourth-order valence-corrected chi connectivity index (χ4v) is 3.11. The van der Waals surface area contributed by atoms with Crippen LogP contribution in [0.3, 0.4) is 0 Å². The molecule has 0 saturated carbocycles. The molecule has 2 aromatic carbocycles. The number of nitrogens with one attached hydrogen (secondary N) is 1. The topological polar surface area (TPSA) is 72.7 Å². The van der Waals surface area contributed by atoms with Crippen LogP contribution < -0.4 is 5.32 Å². The first kappa shape index (κ1) is 18.1. The second-order valence-corrected chi connectivity index (χ2v) is 7.27. The standard InChI is InChI=1S/C19H21N5OS/c1-13(2)15-5-4-6-16(11-15)20-18(25)12-26-19-21-22-23-24(19)17-9-7-14(3)8-10-17/h4-11,13H,12H2,1-3H3,(H,20,25). The van der Waals surface area contributed by atoms with E-state index in [1.165, 1.54) is 22.9 Å². The number of amides is 1. The molecular formula is C19H21N5OS. The third-order valence-corrected chi connectivity index (χ3v) is 4.81. The molecule has 0 aliphatic rings. The monoisotopic (exact) mass is 367 g/mol. The molecule has 6 nitrogen and oxygen atoms in total. The second-order valence-electron chi connectivity index (χ2n) is 6.33. The Morgan fingerprint density at radius 3 is 2.69 bits per heavy atom. The van der Waals surface area contributed by atoms with Gasteiger partial charge < -0.3 is 5.32 Å². The molecule has 0 radical (unpaired) electrons.